The van der Waals surface area contributed by atoms with Crippen LogP contribution in [0.25, 0.3) is 0 Å². The van der Waals surface area contributed by atoms with E-state index in [0.717, 1.165) is 34.5 Å². The number of sulfonamides is 1. The Kier molecular flexibility index (Phi) is 7.17. The van der Waals surface area contributed by atoms with Gasteiger partial charge in [-0.3, -0.25) is 0 Å². The minimum Gasteiger partial charge on any atom is -0.378 e. The van der Waals surface area contributed by atoms with Crippen molar-refractivity contribution in [2.75, 3.05) is 55.9 Å². The molecule has 0 spiro atoms. The van der Waals surface area contributed by atoms with Gasteiger partial charge in [-0.1, -0.05) is 23.7 Å². The Morgan fingerprint density at radius 1 is 1.06 bits per heavy atom. The Bertz CT molecular complexity index is 1280. The zero-order valence-corrected chi connectivity index (χ0v) is 20.7. The SMILES string of the molecule is Cc1cc(N2CCOCC2)ncc1Nc1ncc(Cl)c(Nc2ccccc2S(=O)(=O)N(C)C)n1. The number of hydrogen-bond acceptors (Lipinski definition) is 9. The average molecular weight is 504 g/mol. The molecule has 0 radical (unpaired) electrons. The van der Waals surface area contributed by atoms with Gasteiger partial charge in [0.2, 0.25) is 16.0 Å². The predicted molar refractivity (Wildman–Crippen MR) is 133 cm³/mol. The Balaban J connectivity index is 1.57. The monoisotopic (exact) mass is 503 g/mol. The molecule has 0 aliphatic carbocycles. The number of benzene rings is 1. The molecule has 34 heavy (non-hydrogen) atoms. The smallest absolute Gasteiger partial charge is 0.244 e. The van der Waals surface area contributed by atoms with Crippen molar-refractivity contribution in [1.29, 1.82) is 0 Å². The van der Waals surface area contributed by atoms with E-state index in [2.05, 4.69) is 30.5 Å². The zero-order chi connectivity index (χ0) is 24.3. The number of halogens is 1. The molecule has 2 aromatic heterocycles. The highest BCUT2D eigenvalue weighted by molar-refractivity contribution is 7.89. The van der Waals surface area contributed by atoms with Crippen LogP contribution in [0.5, 0.6) is 0 Å². The number of anilines is 5. The third-order valence-corrected chi connectivity index (χ3v) is 7.47. The molecule has 1 aliphatic heterocycles. The first-order chi connectivity index (χ1) is 16.3. The van der Waals surface area contributed by atoms with E-state index >= 15 is 0 Å². The summed E-state index contributed by atoms with van der Waals surface area (Å²) in [5, 5.41) is 6.45. The van der Waals surface area contributed by atoms with E-state index in [1.165, 1.54) is 26.4 Å². The molecule has 0 saturated carbocycles. The van der Waals surface area contributed by atoms with Crippen LogP contribution < -0.4 is 15.5 Å². The van der Waals surface area contributed by atoms with E-state index < -0.39 is 10.0 Å². The van der Waals surface area contributed by atoms with Crippen molar-refractivity contribution in [2.24, 2.45) is 0 Å². The van der Waals surface area contributed by atoms with Gasteiger partial charge in [0.05, 0.1) is 37.0 Å². The molecule has 1 fully saturated rings. The summed E-state index contributed by atoms with van der Waals surface area (Å²) in [7, 11) is -0.712. The van der Waals surface area contributed by atoms with Crippen molar-refractivity contribution in [3.63, 3.8) is 0 Å². The second kappa shape index (κ2) is 10.1. The molecule has 3 heterocycles. The van der Waals surface area contributed by atoms with E-state index in [1.54, 1.807) is 24.4 Å². The number of ether oxygens (including phenoxy) is 1. The van der Waals surface area contributed by atoms with Gasteiger partial charge in [0, 0.05) is 27.2 Å². The van der Waals surface area contributed by atoms with Gasteiger partial charge in [-0.15, -0.1) is 0 Å². The lowest BCUT2D eigenvalue weighted by Crippen LogP contribution is -2.36. The number of aryl methyl sites for hydroxylation is 1. The lowest BCUT2D eigenvalue weighted by Gasteiger charge is -2.28. The van der Waals surface area contributed by atoms with Gasteiger partial charge in [-0.25, -0.2) is 22.7 Å². The van der Waals surface area contributed by atoms with Crippen LogP contribution in [-0.4, -0.2) is 68.1 Å². The number of morpholine rings is 1. The topological polar surface area (TPSA) is 113 Å². The van der Waals surface area contributed by atoms with Gasteiger partial charge in [0.1, 0.15) is 15.7 Å². The Hall–Kier alpha value is -2.99. The number of para-hydroxylation sites is 1. The van der Waals surface area contributed by atoms with E-state index in [-0.39, 0.29) is 15.7 Å². The minimum absolute atomic E-state index is 0.114. The number of hydrogen-bond donors (Lipinski definition) is 2. The van der Waals surface area contributed by atoms with E-state index in [4.69, 9.17) is 16.3 Å². The molecule has 10 nitrogen and oxygen atoms in total. The lowest BCUT2D eigenvalue weighted by atomic mass is 10.2. The largest absolute Gasteiger partial charge is 0.378 e. The van der Waals surface area contributed by atoms with Crippen molar-refractivity contribution < 1.29 is 13.2 Å². The second-order valence-corrected chi connectivity index (χ2v) is 10.4. The maximum absolute atomic E-state index is 12.7. The summed E-state index contributed by atoms with van der Waals surface area (Å²) in [4.78, 5) is 15.6. The van der Waals surface area contributed by atoms with Gasteiger partial charge in [0.25, 0.3) is 0 Å². The third-order valence-electron chi connectivity index (χ3n) is 5.32. The Morgan fingerprint density at radius 3 is 2.50 bits per heavy atom. The maximum Gasteiger partial charge on any atom is 0.244 e. The van der Waals surface area contributed by atoms with E-state index in [0.29, 0.717) is 24.8 Å². The van der Waals surface area contributed by atoms with Crippen LogP contribution >= 0.6 is 11.6 Å². The van der Waals surface area contributed by atoms with E-state index in [1.807, 2.05) is 13.0 Å². The fourth-order valence-electron chi connectivity index (χ4n) is 3.39. The van der Waals surface area contributed by atoms with Crippen LogP contribution in [0.4, 0.5) is 29.0 Å². The predicted octanol–water partition coefficient (Wildman–Crippen LogP) is 3.41. The summed E-state index contributed by atoms with van der Waals surface area (Å²) in [6, 6.07) is 8.57. The third kappa shape index (κ3) is 5.22. The highest BCUT2D eigenvalue weighted by atomic mass is 35.5. The fraction of sp³-hybridized carbons (Fsp3) is 0.318. The molecule has 0 unspecified atom stereocenters. The van der Waals surface area contributed by atoms with Gasteiger partial charge in [-0.05, 0) is 30.7 Å². The number of nitrogens with one attached hydrogen (secondary N) is 2. The summed E-state index contributed by atoms with van der Waals surface area (Å²) < 4.78 is 32.0. The Labute approximate surface area is 204 Å². The molecule has 0 bridgehead atoms. The lowest BCUT2D eigenvalue weighted by molar-refractivity contribution is 0.122. The molecule has 1 aliphatic rings. The molecule has 0 atom stereocenters. The summed E-state index contributed by atoms with van der Waals surface area (Å²) in [6.07, 6.45) is 3.19. The normalized spacial score (nSPS) is 14.3. The van der Waals surface area contributed by atoms with Crippen molar-refractivity contribution in [3.05, 3.63) is 53.3 Å². The molecular formula is C22H26ClN7O3S. The van der Waals surface area contributed by atoms with Crippen LogP contribution in [0.1, 0.15) is 5.56 Å². The van der Waals surface area contributed by atoms with Crippen LogP contribution in [-0.2, 0) is 14.8 Å². The highest BCUT2D eigenvalue weighted by Gasteiger charge is 2.22. The van der Waals surface area contributed by atoms with Gasteiger partial charge < -0.3 is 20.3 Å². The van der Waals surface area contributed by atoms with Crippen LogP contribution in [0, 0.1) is 6.92 Å². The summed E-state index contributed by atoms with van der Waals surface area (Å²) in [5.41, 5.74) is 2.09. The van der Waals surface area contributed by atoms with E-state index in [9.17, 15) is 8.42 Å². The summed E-state index contributed by atoms with van der Waals surface area (Å²) >= 11 is 6.31. The molecule has 0 amide bonds. The molecule has 3 aromatic rings. The second-order valence-electron chi connectivity index (χ2n) is 7.88. The van der Waals surface area contributed by atoms with Crippen molar-refractivity contribution in [3.8, 4) is 0 Å². The molecule has 12 heteroatoms. The van der Waals surface area contributed by atoms with Crippen molar-refractivity contribution >= 4 is 50.6 Å². The number of aromatic nitrogens is 3. The molecule has 4 rings (SSSR count). The molecular weight excluding hydrogens is 478 g/mol. The van der Waals surface area contributed by atoms with Gasteiger partial charge in [-0.2, -0.15) is 4.98 Å². The minimum atomic E-state index is -3.67. The first-order valence-electron chi connectivity index (χ1n) is 10.6. The van der Waals surface area contributed by atoms with Crippen molar-refractivity contribution in [1.82, 2.24) is 19.3 Å². The molecule has 180 valence electrons. The van der Waals surface area contributed by atoms with Gasteiger partial charge in [0.15, 0.2) is 5.82 Å². The van der Waals surface area contributed by atoms with Crippen molar-refractivity contribution in [2.45, 2.75) is 11.8 Å². The van der Waals surface area contributed by atoms with Gasteiger partial charge >= 0.3 is 0 Å². The van der Waals surface area contributed by atoms with Crippen LogP contribution in [0.3, 0.4) is 0 Å². The first kappa shape index (κ1) is 24.1. The highest BCUT2D eigenvalue weighted by Crippen LogP contribution is 2.30. The number of rotatable bonds is 7. The number of nitrogens with zero attached hydrogens (tertiary/aromatic N) is 5. The fourth-order valence-corrected chi connectivity index (χ4v) is 4.57. The maximum atomic E-state index is 12.7. The molecule has 1 aromatic carbocycles. The molecule has 1 saturated heterocycles. The van der Waals surface area contributed by atoms with Crippen LogP contribution in [0.15, 0.2) is 47.6 Å². The zero-order valence-electron chi connectivity index (χ0n) is 19.1. The summed E-state index contributed by atoms with van der Waals surface area (Å²) in [6.45, 7) is 4.96. The van der Waals surface area contributed by atoms with Crippen LogP contribution in [0.2, 0.25) is 5.02 Å². The molecule has 2 N–H and O–H groups in total. The number of pyridine rings is 1. The quantitative estimate of drug-likeness (QED) is 0.500. The summed E-state index contributed by atoms with van der Waals surface area (Å²) in [5.74, 6) is 1.46. The standard InChI is InChI=1S/C22H26ClN7O3S/c1-15-12-20(30-8-10-33-11-9-30)24-14-18(15)27-22-25-13-16(23)21(28-22)26-17-6-4-5-7-19(17)34(31,32)29(2)3/h4-7,12-14H,8-11H2,1-3H3,(H2,25,26,27,28). The average Bonchev–Trinajstić information content (AvgIpc) is 2.83. The Morgan fingerprint density at radius 2 is 1.79 bits per heavy atom. The first-order valence-corrected chi connectivity index (χ1v) is 12.4.